The molecule has 1 aromatic heterocycles. The number of carbonyl (C=O) groups is 1. The van der Waals surface area contributed by atoms with Crippen molar-refractivity contribution in [2.75, 3.05) is 7.11 Å². The van der Waals surface area contributed by atoms with E-state index in [0.29, 0.717) is 35.6 Å². The Hall–Kier alpha value is -1.58. The van der Waals surface area contributed by atoms with Gasteiger partial charge in [-0.2, -0.15) is 0 Å². The summed E-state index contributed by atoms with van der Waals surface area (Å²) in [4.78, 5) is 29.7. The van der Waals surface area contributed by atoms with Crippen molar-refractivity contribution in [1.82, 2.24) is 9.36 Å². The summed E-state index contributed by atoms with van der Waals surface area (Å²) in [5.41, 5.74) is 0.106. The molecule has 0 bridgehead atoms. The maximum Gasteiger partial charge on any atom is 0.325 e. The number of benzene rings is 1. The summed E-state index contributed by atoms with van der Waals surface area (Å²) in [6.45, 7) is 1.33. The number of thioether (sulfide) groups is 1. The van der Waals surface area contributed by atoms with Gasteiger partial charge in [-0.15, -0.1) is 11.8 Å². The van der Waals surface area contributed by atoms with Crippen LogP contribution in [-0.4, -0.2) is 27.2 Å². The topological polar surface area (TPSA) is 65.6 Å². The molecule has 28 heavy (non-hydrogen) atoms. The molecule has 2 aromatic rings. The zero-order valence-corrected chi connectivity index (χ0v) is 17.6. The van der Waals surface area contributed by atoms with Crippen LogP contribution >= 0.6 is 34.7 Å². The largest absolute Gasteiger partial charge is 0.468 e. The van der Waals surface area contributed by atoms with Gasteiger partial charge in [0, 0.05) is 18.0 Å². The average molecular weight is 444 g/mol. The highest BCUT2D eigenvalue weighted by Gasteiger charge is 2.46. The number of carbonyl (C=O) groups excluding carboxylic acids is 1. The van der Waals surface area contributed by atoms with E-state index in [-0.39, 0.29) is 21.6 Å². The Morgan fingerprint density at radius 2 is 2.00 bits per heavy atom. The molecular weight excluding hydrogens is 425 g/mol. The van der Waals surface area contributed by atoms with Crippen LogP contribution in [0.25, 0.3) is 0 Å². The van der Waals surface area contributed by atoms with Crippen molar-refractivity contribution in [2.24, 2.45) is 4.99 Å². The van der Waals surface area contributed by atoms with Gasteiger partial charge in [0.05, 0.1) is 12.1 Å². The summed E-state index contributed by atoms with van der Waals surface area (Å²) in [6, 6.07) is 2.76. The highest BCUT2D eigenvalue weighted by molar-refractivity contribution is 8.01. The van der Waals surface area contributed by atoms with Gasteiger partial charge < -0.3 is 4.74 Å². The predicted octanol–water partition coefficient (Wildman–Crippen LogP) is 3.72. The zero-order chi connectivity index (χ0) is 19.9. The van der Waals surface area contributed by atoms with E-state index in [1.165, 1.54) is 24.9 Å². The first kappa shape index (κ1) is 19.7. The van der Waals surface area contributed by atoms with Gasteiger partial charge in [-0.3, -0.25) is 14.3 Å². The van der Waals surface area contributed by atoms with Crippen molar-refractivity contribution < 1.29 is 13.9 Å². The molecule has 0 radical (unpaired) electrons. The number of fused-ring (bicyclic) bond motifs is 1. The fraction of sp³-hybridized carbons (Fsp3) is 0.500. The van der Waals surface area contributed by atoms with E-state index in [0.717, 1.165) is 30.6 Å². The second kappa shape index (κ2) is 7.68. The molecular formula is C18H19ClFN3O3S2. The molecule has 2 heterocycles. The highest BCUT2D eigenvalue weighted by atomic mass is 35.5. The van der Waals surface area contributed by atoms with E-state index in [9.17, 15) is 14.0 Å². The van der Waals surface area contributed by atoms with E-state index >= 15 is 0 Å². The molecule has 1 aliphatic heterocycles. The maximum absolute atomic E-state index is 14.5. The first-order valence-electron chi connectivity index (χ1n) is 9.05. The molecule has 0 amide bonds. The van der Waals surface area contributed by atoms with Crippen molar-refractivity contribution in [1.29, 1.82) is 0 Å². The standard InChI is InChI=1S/C18H19ClFN3O3S2/c1-26-15(24)18(5-4-6-18)28-14-10-13(12(20)9-11(14)19)21-16-22-7-2-3-8-23(22)17(25)27-16/h9-10H,2-8H2,1H3/b21-16+. The number of rotatable bonds is 4. The molecule has 0 unspecified atom stereocenters. The third kappa shape index (κ3) is 3.44. The maximum atomic E-state index is 14.5. The molecule has 6 nitrogen and oxygen atoms in total. The Kier molecular flexibility index (Phi) is 5.41. The number of methoxy groups -OCH3 is 1. The fourth-order valence-corrected chi connectivity index (χ4v) is 6.01. The molecule has 10 heteroatoms. The van der Waals surface area contributed by atoms with Crippen molar-refractivity contribution in [3.05, 3.63) is 37.4 Å². The van der Waals surface area contributed by atoms with Crippen LogP contribution in [0, 0.1) is 5.82 Å². The normalized spacial score (nSPS) is 18.5. The van der Waals surface area contributed by atoms with Crippen molar-refractivity contribution in [3.63, 3.8) is 0 Å². The summed E-state index contributed by atoms with van der Waals surface area (Å²) in [5.74, 6) is -0.857. The van der Waals surface area contributed by atoms with Gasteiger partial charge in [0.1, 0.15) is 16.3 Å². The van der Waals surface area contributed by atoms with Crippen LogP contribution in [-0.2, 0) is 22.6 Å². The molecule has 150 valence electrons. The first-order valence-corrected chi connectivity index (χ1v) is 11.1. The lowest BCUT2D eigenvalue weighted by Gasteiger charge is -2.38. The van der Waals surface area contributed by atoms with Gasteiger partial charge in [0.15, 0.2) is 0 Å². The number of hydrogen-bond acceptors (Lipinski definition) is 6. The monoisotopic (exact) mass is 443 g/mol. The van der Waals surface area contributed by atoms with Crippen LogP contribution < -0.4 is 9.67 Å². The lowest BCUT2D eigenvalue weighted by atomic mass is 9.84. The third-order valence-electron chi connectivity index (χ3n) is 5.13. The second-order valence-corrected chi connectivity index (χ2v) is 9.64. The van der Waals surface area contributed by atoms with Crippen LogP contribution in [0.3, 0.4) is 0 Å². The van der Waals surface area contributed by atoms with Crippen LogP contribution in [0.5, 0.6) is 0 Å². The van der Waals surface area contributed by atoms with Gasteiger partial charge in [0.25, 0.3) is 0 Å². The summed E-state index contributed by atoms with van der Waals surface area (Å²) in [7, 11) is 1.37. The second-order valence-electron chi connectivity index (χ2n) is 6.89. The van der Waals surface area contributed by atoms with Crippen LogP contribution in [0.4, 0.5) is 10.1 Å². The van der Waals surface area contributed by atoms with Crippen molar-refractivity contribution in [2.45, 2.75) is 54.8 Å². The number of esters is 1. The molecule has 1 fully saturated rings. The number of ether oxygens (including phenoxy) is 1. The number of hydrogen-bond donors (Lipinski definition) is 0. The van der Waals surface area contributed by atoms with E-state index < -0.39 is 10.6 Å². The Bertz CT molecular complexity index is 1060. The predicted molar refractivity (Wildman–Crippen MR) is 107 cm³/mol. The minimum Gasteiger partial charge on any atom is -0.468 e. The van der Waals surface area contributed by atoms with E-state index in [2.05, 4.69) is 4.99 Å². The quantitative estimate of drug-likeness (QED) is 0.675. The van der Waals surface area contributed by atoms with Gasteiger partial charge in [-0.05, 0) is 55.6 Å². The van der Waals surface area contributed by atoms with Crippen molar-refractivity contribution >= 4 is 46.4 Å². The number of halogens is 2. The Morgan fingerprint density at radius 3 is 2.64 bits per heavy atom. The Labute approximate surface area is 174 Å². The van der Waals surface area contributed by atoms with Crippen LogP contribution in [0.15, 0.2) is 26.8 Å². The third-order valence-corrected chi connectivity index (χ3v) is 7.95. The van der Waals surface area contributed by atoms with E-state index in [1.54, 1.807) is 15.4 Å². The average Bonchev–Trinajstić information content (AvgIpc) is 2.97. The molecule has 0 N–H and O–H groups in total. The van der Waals surface area contributed by atoms with Gasteiger partial charge in [-0.25, -0.2) is 14.1 Å². The minimum absolute atomic E-state index is 0.0958. The summed E-state index contributed by atoms with van der Waals surface area (Å²) >= 11 is 8.55. The minimum atomic E-state index is -0.678. The van der Waals surface area contributed by atoms with Crippen LogP contribution in [0.2, 0.25) is 5.02 Å². The first-order chi connectivity index (χ1) is 13.4. The van der Waals surface area contributed by atoms with Crippen molar-refractivity contribution in [3.8, 4) is 0 Å². The molecule has 4 rings (SSSR count). The molecule has 0 saturated heterocycles. The zero-order valence-electron chi connectivity index (χ0n) is 15.2. The van der Waals surface area contributed by atoms with Crippen LogP contribution in [0.1, 0.15) is 32.1 Å². The van der Waals surface area contributed by atoms with Gasteiger partial charge >= 0.3 is 10.8 Å². The SMILES string of the molecule is COC(=O)C1(Sc2cc(/N=c3/sc(=O)n4n3CCCC4)c(F)cc2Cl)CCC1. The van der Waals surface area contributed by atoms with Gasteiger partial charge in [-0.1, -0.05) is 11.6 Å². The smallest absolute Gasteiger partial charge is 0.325 e. The highest BCUT2D eigenvalue weighted by Crippen LogP contribution is 2.50. The molecule has 2 aliphatic rings. The van der Waals surface area contributed by atoms with E-state index in [1.807, 2.05) is 0 Å². The fourth-order valence-electron chi connectivity index (χ4n) is 3.44. The van der Waals surface area contributed by atoms with Gasteiger partial charge in [0.2, 0.25) is 4.80 Å². The summed E-state index contributed by atoms with van der Waals surface area (Å²) < 4.78 is 22.3. The summed E-state index contributed by atoms with van der Waals surface area (Å²) in [6.07, 6.45) is 4.21. The van der Waals surface area contributed by atoms with E-state index in [4.69, 9.17) is 16.3 Å². The molecule has 1 aromatic carbocycles. The molecule has 1 aliphatic carbocycles. The molecule has 0 atom stereocenters. The lowest BCUT2D eigenvalue weighted by molar-refractivity contribution is -0.145. The summed E-state index contributed by atoms with van der Waals surface area (Å²) in [5, 5.41) is 0.233. The Balaban J connectivity index is 1.75. The molecule has 1 saturated carbocycles. The molecule has 0 spiro atoms. The number of aromatic nitrogens is 2. The number of nitrogens with zero attached hydrogens (tertiary/aromatic N) is 3. The Morgan fingerprint density at radius 1 is 1.29 bits per heavy atom. The lowest BCUT2D eigenvalue weighted by Crippen LogP contribution is -2.42.